The summed E-state index contributed by atoms with van der Waals surface area (Å²) in [5.41, 5.74) is 0. The molecule has 4 heteroatoms. The van der Waals surface area contributed by atoms with Gasteiger partial charge in [0.2, 0.25) is 0 Å². The first-order chi connectivity index (χ1) is 8.36. The fourth-order valence-electron chi connectivity index (χ4n) is 1.46. The van der Waals surface area contributed by atoms with Gasteiger partial charge in [0.05, 0.1) is 25.9 Å². The zero-order valence-corrected chi connectivity index (χ0v) is 10.3. The largest absolute Gasteiger partial charge is 0.494 e. The van der Waals surface area contributed by atoms with Crippen LogP contribution in [0, 0.1) is 0 Å². The van der Waals surface area contributed by atoms with Crippen LogP contribution in [0.4, 0.5) is 0 Å². The van der Waals surface area contributed by atoms with Gasteiger partial charge in [0.25, 0.3) is 0 Å². The number of nitrogens with one attached hydrogen (secondary N) is 1. The molecule has 1 aromatic carbocycles. The maximum Gasteiger partial charge on any atom is 0.119 e. The van der Waals surface area contributed by atoms with Crippen LogP contribution < -0.4 is 10.1 Å². The lowest BCUT2D eigenvalue weighted by molar-refractivity contribution is 0.128. The SMILES string of the molecule is COCC(CO)NCCCOc1ccccc1. The van der Waals surface area contributed by atoms with Crippen molar-refractivity contribution >= 4 is 0 Å². The van der Waals surface area contributed by atoms with Crippen molar-refractivity contribution in [3.8, 4) is 5.75 Å². The molecular weight excluding hydrogens is 218 g/mol. The Hall–Kier alpha value is -1.10. The van der Waals surface area contributed by atoms with E-state index in [1.54, 1.807) is 7.11 Å². The molecular formula is C13H21NO3. The minimum atomic E-state index is 0.0109. The zero-order chi connectivity index (χ0) is 12.3. The topological polar surface area (TPSA) is 50.7 Å². The van der Waals surface area contributed by atoms with E-state index in [0.29, 0.717) is 13.2 Å². The lowest BCUT2D eigenvalue weighted by Crippen LogP contribution is -2.37. The van der Waals surface area contributed by atoms with Crippen molar-refractivity contribution in [2.75, 3.05) is 33.5 Å². The summed E-state index contributed by atoms with van der Waals surface area (Å²) in [6.45, 7) is 2.09. The van der Waals surface area contributed by atoms with E-state index in [-0.39, 0.29) is 12.6 Å². The van der Waals surface area contributed by atoms with E-state index in [4.69, 9.17) is 14.6 Å². The molecule has 0 bridgehead atoms. The first kappa shape index (κ1) is 14.0. The summed E-state index contributed by atoms with van der Waals surface area (Å²) in [5.74, 6) is 0.892. The van der Waals surface area contributed by atoms with Crippen LogP contribution in [0.1, 0.15) is 6.42 Å². The Morgan fingerprint density at radius 1 is 1.29 bits per heavy atom. The van der Waals surface area contributed by atoms with E-state index in [1.807, 2.05) is 30.3 Å². The van der Waals surface area contributed by atoms with Crippen LogP contribution in [0.3, 0.4) is 0 Å². The Bertz CT molecular complexity index is 279. The number of benzene rings is 1. The molecule has 1 rings (SSSR count). The number of hydrogen-bond donors (Lipinski definition) is 2. The van der Waals surface area contributed by atoms with Crippen molar-refractivity contribution in [3.05, 3.63) is 30.3 Å². The second-order valence-corrected chi connectivity index (χ2v) is 3.80. The minimum Gasteiger partial charge on any atom is -0.494 e. The third-order valence-electron chi connectivity index (χ3n) is 2.35. The van der Waals surface area contributed by atoms with Crippen LogP contribution in [0.15, 0.2) is 30.3 Å². The number of aliphatic hydroxyl groups excluding tert-OH is 1. The van der Waals surface area contributed by atoms with Gasteiger partial charge in [0.15, 0.2) is 0 Å². The molecule has 0 spiro atoms. The molecule has 0 aromatic heterocycles. The maximum atomic E-state index is 9.02. The van der Waals surface area contributed by atoms with Crippen molar-refractivity contribution in [1.29, 1.82) is 0 Å². The van der Waals surface area contributed by atoms with Crippen LogP contribution in [-0.4, -0.2) is 44.6 Å². The van der Waals surface area contributed by atoms with E-state index < -0.39 is 0 Å². The molecule has 0 fully saturated rings. The van der Waals surface area contributed by atoms with Crippen molar-refractivity contribution < 1.29 is 14.6 Å². The number of hydrogen-bond acceptors (Lipinski definition) is 4. The Balaban J connectivity index is 2.04. The number of aliphatic hydroxyl groups is 1. The third-order valence-corrected chi connectivity index (χ3v) is 2.35. The monoisotopic (exact) mass is 239 g/mol. The molecule has 0 heterocycles. The molecule has 0 aliphatic carbocycles. The highest BCUT2D eigenvalue weighted by atomic mass is 16.5. The molecule has 0 amide bonds. The molecule has 17 heavy (non-hydrogen) atoms. The van der Waals surface area contributed by atoms with E-state index in [1.165, 1.54) is 0 Å². The van der Waals surface area contributed by atoms with Gasteiger partial charge in [-0.1, -0.05) is 18.2 Å². The number of para-hydroxylation sites is 1. The highest BCUT2D eigenvalue weighted by Crippen LogP contribution is 2.07. The Kier molecular flexibility index (Phi) is 7.38. The van der Waals surface area contributed by atoms with Gasteiger partial charge >= 0.3 is 0 Å². The summed E-state index contributed by atoms with van der Waals surface area (Å²) in [4.78, 5) is 0. The Morgan fingerprint density at radius 3 is 2.71 bits per heavy atom. The van der Waals surface area contributed by atoms with Gasteiger partial charge in [-0.2, -0.15) is 0 Å². The minimum absolute atomic E-state index is 0.0109. The summed E-state index contributed by atoms with van der Waals surface area (Å²) >= 11 is 0. The summed E-state index contributed by atoms with van der Waals surface area (Å²) in [5, 5.41) is 12.2. The first-order valence-electron chi connectivity index (χ1n) is 5.88. The fourth-order valence-corrected chi connectivity index (χ4v) is 1.46. The fraction of sp³-hybridized carbons (Fsp3) is 0.538. The van der Waals surface area contributed by atoms with Crippen molar-refractivity contribution in [2.45, 2.75) is 12.5 Å². The van der Waals surface area contributed by atoms with Crippen molar-refractivity contribution in [1.82, 2.24) is 5.32 Å². The number of methoxy groups -OCH3 is 1. The predicted molar refractivity (Wildman–Crippen MR) is 67.3 cm³/mol. The van der Waals surface area contributed by atoms with Gasteiger partial charge in [0.1, 0.15) is 5.75 Å². The van der Waals surface area contributed by atoms with E-state index >= 15 is 0 Å². The molecule has 96 valence electrons. The molecule has 1 aromatic rings. The van der Waals surface area contributed by atoms with Gasteiger partial charge in [-0.05, 0) is 25.1 Å². The molecule has 1 unspecified atom stereocenters. The van der Waals surface area contributed by atoms with Gasteiger partial charge in [-0.25, -0.2) is 0 Å². The van der Waals surface area contributed by atoms with Crippen LogP contribution in [0.25, 0.3) is 0 Å². The Labute approximate surface area is 103 Å². The smallest absolute Gasteiger partial charge is 0.119 e. The molecule has 0 aliphatic heterocycles. The molecule has 0 radical (unpaired) electrons. The Morgan fingerprint density at radius 2 is 2.06 bits per heavy atom. The summed E-state index contributed by atoms with van der Waals surface area (Å²) < 4.78 is 10.5. The van der Waals surface area contributed by atoms with Crippen LogP contribution in [0.5, 0.6) is 5.75 Å². The number of rotatable bonds is 9. The molecule has 0 aliphatic rings. The highest BCUT2D eigenvalue weighted by molar-refractivity contribution is 5.20. The second kappa shape index (κ2) is 8.98. The van der Waals surface area contributed by atoms with E-state index in [2.05, 4.69) is 5.32 Å². The van der Waals surface area contributed by atoms with Gasteiger partial charge in [-0.3, -0.25) is 0 Å². The quantitative estimate of drug-likeness (QED) is 0.633. The second-order valence-electron chi connectivity index (χ2n) is 3.80. The summed E-state index contributed by atoms with van der Waals surface area (Å²) in [6, 6.07) is 9.76. The third kappa shape index (κ3) is 6.26. The summed E-state index contributed by atoms with van der Waals surface area (Å²) in [6.07, 6.45) is 0.898. The average Bonchev–Trinajstić information content (AvgIpc) is 2.38. The highest BCUT2D eigenvalue weighted by Gasteiger charge is 2.04. The predicted octanol–water partition coefficient (Wildman–Crippen LogP) is 1.05. The summed E-state index contributed by atoms with van der Waals surface area (Å²) in [7, 11) is 1.63. The van der Waals surface area contributed by atoms with Gasteiger partial charge < -0.3 is 19.9 Å². The molecule has 0 saturated heterocycles. The van der Waals surface area contributed by atoms with Crippen LogP contribution in [0.2, 0.25) is 0 Å². The molecule has 0 saturated carbocycles. The van der Waals surface area contributed by atoms with Crippen LogP contribution >= 0.6 is 0 Å². The lowest BCUT2D eigenvalue weighted by atomic mass is 10.3. The first-order valence-corrected chi connectivity index (χ1v) is 5.88. The van der Waals surface area contributed by atoms with E-state index in [9.17, 15) is 0 Å². The average molecular weight is 239 g/mol. The molecule has 1 atom stereocenters. The zero-order valence-electron chi connectivity index (χ0n) is 10.3. The van der Waals surface area contributed by atoms with E-state index in [0.717, 1.165) is 18.7 Å². The van der Waals surface area contributed by atoms with Crippen molar-refractivity contribution in [2.24, 2.45) is 0 Å². The normalized spacial score (nSPS) is 12.4. The van der Waals surface area contributed by atoms with Gasteiger partial charge in [0, 0.05) is 7.11 Å². The van der Waals surface area contributed by atoms with Crippen molar-refractivity contribution in [3.63, 3.8) is 0 Å². The lowest BCUT2D eigenvalue weighted by Gasteiger charge is -2.15. The van der Waals surface area contributed by atoms with Crippen LogP contribution in [-0.2, 0) is 4.74 Å². The standard InChI is InChI=1S/C13H21NO3/c1-16-11-12(10-15)14-8-5-9-17-13-6-3-2-4-7-13/h2-4,6-7,12,14-15H,5,8-11H2,1H3. The maximum absolute atomic E-state index is 9.02. The van der Waals surface area contributed by atoms with Gasteiger partial charge in [-0.15, -0.1) is 0 Å². The molecule has 2 N–H and O–H groups in total. The molecule has 4 nitrogen and oxygen atoms in total. The number of ether oxygens (including phenoxy) is 2.